The molecule has 0 fully saturated rings. The minimum atomic E-state index is -2.15. The fourth-order valence-corrected chi connectivity index (χ4v) is 3.96. The number of rotatable bonds is 12. The maximum atomic E-state index is 13.9. The zero-order valence-corrected chi connectivity index (χ0v) is 21.0. The van der Waals surface area contributed by atoms with Gasteiger partial charge >= 0.3 is 17.9 Å². The number of esters is 3. The summed E-state index contributed by atoms with van der Waals surface area (Å²) in [6.07, 6.45) is -1.32. The molecule has 0 unspecified atom stereocenters. The van der Waals surface area contributed by atoms with E-state index in [1.165, 1.54) is 0 Å². The van der Waals surface area contributed by atoms with Crippen LogP contribution in [0.3, 0.4) is 0 Å². The average Bonchev–Trinajstić information content (AvgIpc) is 2.92. The third kappa shape index (κ3) is 7.13. The second-order valence-electron chi connectivity index (χ2n) is 8.38. The third-order valence-corrected chi connectivity index (χ3v) is 5.80. The van der Waals surface area contributed by atoms with Crippen molar-refractivity contribution in [3.63, 3.8) is 0 Å². The second-order valence-corrected chi connectivity index (χ2v) is 8.38. The smallest absolute Gasteiger partial charge is 0.321 e. The van der Waals surface area contributed by atoms with Gasteiger partial charge in [-0.3, -0.25) is 19.2 Å². The summed E-state index contributed by atoms with van der Waals surface area (Å²) in [5, 5.41) is 0. The van der Waals surface area contributed by atoms with Crippen LogP contribution in [0.2, 0.25) is 0 Å². The molecule has 0 aromatic heterocycles. The summed E-state index contributed by atoms with van der Waals surface area (Å²) in [6, 6.07) is 25.1. The minimum absolute atomic E-state index is 0.0490. The third-order valence-electron chi connectivity index (χ3n) is 5.80. The Labute approximate surface area is 216 Å². The van der Waals surface area contributed by atoms with Gasteiger partial charge in [-0.05, 0) is 30.5 Å². The maximum absolute atomic E-state index is 13.9. The monoisotopic (exact) mass is 502 g/mol. The maximum Gasteiger partial charge on any atom is 0.321 e. The molecule has 0 aliphatic heterocycles. The normalized spacial score (nSPS) is 10.9. The Balaban J connectivity index is 2.00. The number of ketones is 1. The molecule has 0 atom stereocenters. The first kappa shape index (κ1) is 27.3. The number of benzene rings is 3. The Morgan fingerprint density at radius 2 is 1.11 bits per heavy atom. The molecule has 3 aromatic rings. The van der Waals surface area contributed by atoms with Gasteiger partial charge in [0, 0.05) is 5.56 Å². The zero-order valence-electron chi connectivity index (χ0n) is 21.0. The molecule has 3 rings (SSSR count). The summed E-state index contributed by atoms with van der Waals surface area (Å²) in [7, 11) is 0. The predicted molar refractivity (Wildman–Crippen MR) is 137 cm³/mol. The van der Waals surface area contributed by atoms with Gasteiger partial charge in [0.25, 0.3) is 0 Å². The lowest BCUT2D eigenvalue weighted by Crippen LogP contribution is -2.45. The van der Waals surface area contributed by atoms with Crippen LogP contribution in [-0.4, -0.2) is 36.9 Å². The largest absolute Gasteiger partial charge is 0.466 e. The highest BCUT2D eigenvalue weighted by Crippen LogP contribution is 2.35. The van der Waals surface area contributed by atoms with Crippen LogP contribution in [0.15, 0.2) is 84.9 Å². The molecule has 0 heterocycles. The van der Waals surface area contributed by atoms with E-state index in [9.17, 15) is 19.2 Å². The lowest BCUT2D eigenvalue weighted by molar-refractivity contribution is -0.165. The molecule has 0 bridgehead atoms. The van der Waals surface area contributed by atoms with Gasteiger partial charge in [0.2, 0.25) is 0 Å². The van der Waals surface area contributed by atoms with Crippen molar-refractivity contribution < 1.29 is 33.4 Å². The van der Waals surface area contributed by atoms with Crippen LogP contribution in [0.5, 0.6) is 0 Å². The Hall–Kier alpha value is -4.26. The highest BCUT2D eigenvalue weighted by molar-refractivity contribution is 6.16. The van der Waals surface area contributed by atoms with Gasteiger partial charge in [0.1, 0.15) is 6.61 Å². The van der Waals surface area contributed by atoms with E-state index < -0.39 is 41.9 Å². The summed E-state index contributed by atoms with van der Waals surface area (Å²) in [6.45, 7) is 3.19. The van der Waals surface area contributed by atoms with Crippen molar-refractivity contribution in [2.45, 2.75) is 33.3 Å². The standard InChI is InChI=1S/C30H30O7/c1-3-35-26(31)19-30(20-27(32)36-4-2,29(34)37-21-22-11-7-5-8-12-22)28(33)25-17-15-24(16-18-25)23-13-9-6-10-14-23/h5-18H,3-4,19-21H2,1-2H3. The summed E-state index contributed by atoms with van der Waals surface area (Å²) in [5.41, 5.74) is 0.515. The van der Waals surface area contributed by atoms with Crippen molar-refractivity contribution in [3.8, 4) is 11.1 Å². The van der Waals surface area contributed by atoms with E-state index in [0.717, 1.165) is 11.1 Å². The molecule has 0 saturated carbocycles. The van der Waals surface area contributed by atoms with Crippen molar-refractivity contribution in [3.05, 3.63) is 96.1 Å². The molecule has 0 aliphatic rings. The second kappa shape index (κ2) is 13.2. The SMILES string of the molecule is CCOC(=O)CC(CC(=O)OCC)(C(=O)OCc1ccccc1)C(=O)c1ccc(-c2ccccc2)cc1. The number of hydrogen-bond acceptors (Lipinski definition) is 7. The number of ether oxygens (including phenoxy) is 3. The Bertz CT molecular complexity index is 1180. The molecule has 0 amide bonds. The highest BCUT2D eigenvalue weighted by Gasteiger charge is 2.51. The van der Waals surface area contributed by atoms with Gasteiger partial charge < -0.3 is 14.2 Å². The van der Waals surface area contributed by atoms with Crippen LogP contribution in [0.25, 0.3) is 11.1 Å². The first-order chi connectivity index (χ1) is 17.9. The average molecular weight is 503 g/mol. The molecule has 3 aromatic carbocycles. The van der Waals surface area contributed by atoms with Crippen molar-refractivity contribution in [1.29, 1.82) is 0 Å². The Morgan fingerprint density at radius 1 is 0.622 bits per heavy atom. The van der Waals surface area contributed by atoms with E-state index in [-0.39, 0.29) is 25.4 Å². The fraction of sp³-hybridized carbons (Fsp3) is 0.267. The molecule has 7 nitrogen and oxygen atoms in total. The first-order valence-corrected chi connectivity index (χ1v) is 12.1. The lowest BCUT2D eigenvalue weighted by Gasteiger charge is -2.28. The minimum Gasteiger partial charge on any atom is -0.466 e. The van der Waals surface area contributed by atoms with Crippen LogP contribution in [-0.2, 0) is 35.2 Å². The Kier molecular flexibility index (Phi) is 9.72. The van der Waals surface area contributed by atoms with Gasteiger partial charge in [-0.25, -0.2) is 0 Å². The van der Waals surface area contributed by atoms with E-state index >= 15 is 0 Å². The van der Waals surface area contributed by atoms with E-state index in [2.05, 4.69) is 0 Å². The van der Waals surface area contributed by atoms with Crippen LogP contribution in [0, 0.1) is 5.41 Å². The van der Waals surface area contributed by atoms with E-state index in [1.54, 1.807) is 62.4 Å². The van der Waals surface area contributed by atoms with Crippen molar-refractivity contribution >= 4 is 23.7 Å². The Morgan fingerprint density at radius 3 is 1.62 bits per heavy atom. The van der Waals surface area contributed by atoms with Gasteiger partial charge in [-0.15, -0.1) is 0 Å². The quantitative estimate of drug-likeness (QED) is 0.146. The van der Waals surface area contributed by atoms with Crippen LogP contribution >= 0.6 is 0 Å². The molecule has 37 heavy (non-hydrogen) atoms. The number of carbonyl (C=O) groups is 4. The van der Waals surface area contributed by atoms with E-state index in [4.69, 9.17) is 14.2 Å². The molecule has 0 spiro atoms. The molecule has 0 radical (unpaired) electrons. The van der Waals surface area contributed by atoms with Crippen LogP contribution in [0.4, 0.5) is 0 Å². The van der Waals surface area contributed by atoms with Crippen LogP contribution < -0.4 is 0 Å². The van der Waals surface area contributed by atoms with Crippen molar-refractivity contribution in [2.75, 3.05) is 13.2 Å². The van der Waals surface area contributed by atoms with Gasteiger partial charge in [0.15, 0.2) is 11.2 Å². The number of hydrogen-bond donors (Lipinski definition) is 0. The summed E-state index contributed by atoms with van der Waals surface area (Å²) in [5.74, 6) is -3.30. The zero-order chi connectivity index (χ0) is 26.7. The van der Waals surface area contributed by atoms with Crippen molar-refractivity contribution in [2.24, 2.45) is 5.41 Å². The van der Waals surface area contributed by atoms with Gasteiger partial charge in [-0.1, -0.05) is 84.9 Å². The lowest BCUT2D eigenvalue weighted by atomic mass is 9.74. The molecular weight excluding hydrogens is 472 g/mol. The number of carbonyl (C=O) groups excluding carboxylic acids is 4. The molecule has 0 N–H and O–H groups in total. The first-order valence-electron chi connectivity index (χ1n) is 12.1. The molecule has 0 aliphatic carbocycles. The van der Waals surface area contributed by atoms with Crippen molar-refractivity contribution in [1.82, 2.24) is 0 Å². The molecule has 7 heteroatoms. The van der Waals surface area contributed by atoms with Gasteiger partial charge in [-0.2, -0.15) is 0 Å². The number of Topliss-reactive ketones (excluding diaryl/α,β-unsaturated/α-hetero) is 1. The van der Waals surface area contributed by atoms with E-state index in [0.29, 0.717) is 5.56 Å². The summed E-state index contributed by atoms with van der Waals surface area (Å²) < 4.78 is 15.6. The molecule has 192 valence electrons. The summed E-state index contributed by atoms with van der Waals surface area (Å²) in [4.78, 5) is 52.7. The summed E-state index contributed by atoms with van der Waals surface area (Å²) >= 11 is 0. The van der Waals surface area contributed by atoms with Crippen LogP contribution in [0.1, 0.15) is 42.6 Å². The van der Waals surface area contributed by atoms with E-state index in [1.807, 2.05) is 36.4 Å². The highest BCUT2D eigenvalue weighted by atomic mass is 16.5. The predicted octanol–water partition coefficient (Wildman–Crippen LogP) is 5.17. The van der Waals surface area contributed by atoms with Gasteiger partial charge in [0.05, 0.1) is 26.1 Å². The molecular formula is C30H30O7. The fourth-order valence-electron chi connectivity index (χ4n) is 3.96. The molecule has 0 saturated heterocycles. The topological polar surface area (TPSA) is 96.0 Å².